The van der Waals surface area contributed by atoms with Crippen LogP contribution in [0.3, 0.4) is 0 Å². The van der Waals surface area contributed by atoms with Gasteiger partial charge < -0.3 is 10.3 Å². The van der Waals surface area contributed by atoms with Crippen LogP contribution in [0.1, 0.15) is 40.0 Å². The van der Waals surface area contributed by atoms with Gasteiger partial charge in [-0.3, -0.25) is 4.79 Å². The second kappa shape index (κ2) is 7.55. The zero-order chi connectivity index (χ0) is 20.5. The Bertz CT molecular complexity index is 1210. The summed E-state index contributed by atoms with van der Waals surface area (Å²) in [6, 6.07) is 14.2. The molecule has 0 unspecified atom stereocenters. The van der Waals surface area contributed by atoms with Gasteiger partial charge in [-0.25, -0.2) is 9.67 Å². The third kappa shape index (κ3) is 3.36. The van der Waals surface area contributed by atoms with Crippen molar-refractivity contribution in [2.45, 2.75) is 25.7 Å². The number of aryl methyl sites for hydroxylation is 2. The number of nitrogens with one attached hydrogen (secondary N) is 2. The number of anilines is 2. The number of hydrogen-bond acceptors (Lipinski definition) is 6. The Morgan fingerprint density at radius 1 is 1.17 bits per heavy atom. The average Bonchev–Trinajstić information content (AvgIpc) is 3.33. The molecule has 2 N–H and O–H groups in total. The molecule has 3 aromatic heterocycles. The monoisotopic (exact) mass is 399 g/mol. The van der Waals surface area contributed by atoms with E-state index >= 15 is 0 Å². The number of H-pyrrole nitrogens is 1. The van der Waals surface area contributed by atoms with Crippen LogP contribution in [0.4, 0.5) is 11.8 Å². The van der Waals surface area contributed by atoms with Crippen LogP contribution in [-0.2, 0) is 19.9 Å². The molecule has 1 aliphatic rings. The average molecular weight is 399 g/mol. The topological polar surface area (TPSA) is 101 Å². The Balaban J connectivity index is 1.58. The molecule has 0 saturated heterocycles. The number of Topliss-reactive ketones (excluding diaryl/α,β-unsaturated/α-hetero) is 1. The number of rotatable bonds is 5. The number of fused-ring (bicyclic) bond motifs is 1. The Morgan fingerprint density at radius 2 is 2.03 bits per heavy atom. The van der Waals surface area contributed by atoms with Crippen LogP contribution in [0.2, 0.25) is 0 Å². The molecule has 5 rings (SSSR count). The van der Waals surface area contributed by atoms with E-state index in [-0.39, 0.29) is 5.78 Å². The lowest BCUT2D eigenvalue weighted by Gasteiger charge is -2.12. The molecule has 150 valence electrons. The van der Waals surface area contributed by atoms with Crippen molar-refractivity contribution in [3.8, 4) is 11.3 Å². The van der Waals surface area contributed by atoms with Gasteiger partial charge in [0.2, 0.25) is 5.95 Å². The van der Waals surface area contributed by atoms with E-state index in [1.54, 1.807) is 17.9 Å². The van der Waals surface area contributed by atoms with Gasteiger partial charge >= 0.3 is 0 Å². The highest BCUT2D eigenvalue weighted by Gasteiger charge is 2.26. The number of aromatic nitrogens is 6. The van der Waals surface area contributed by atoms with Crippen LogP contribution in [-0.4, -0.2) is 36.0 Å². The van der Waals surface area contributed by atoms with Gasteiger partial charge in [-0.1, -0.05) is 35.4 Å². The van der Waals surface area contributed by atoms with Crippen molar-refractivity contribution in [3.05, 3.63) is 71.0 Å². The predicted octanol–water partition coefficient (Wildman–Crippen LogP) is 3.45. The zero-order valence-corrected chi connectivity index (χ0v) is 16.6. The fourth-order valence-electron chi connectivity index (χ4n) is 4.00. The Hall–Kier alpha value is -3.81. The summed E-state index contributed by atoms with van der Waals surface area (Å²) in [5.74, 6) is 1.36. The lowest BCUT2D eigenvalue weighted by Crippen LogP contribution is -2.11. The Morgan fingerprint density at radius 3 is 2.83 bits per heavy atom. The molecule has 0 radical (unpaired) electrons. The van der Waals surface area contributed by atoms with E-state index in [0.717, 1.165) is 40.9 Å². The van der Waals surface area contributed by atoms with Crippen LogP contribution >= 0.6 is 0 Å². The molecule has 0 spiro atoms. The number of hydrogen-bond donors (Lipinski definition) is 2. The maximum atomic E-state index is 12.8. The van der Waals surface area contributed by atoms with Gasteiger partial charge in [0.25, 0.3) is 0 Å². The predicted molar refractivity (Wildman–Crippen MR) is 113 cm³/mol. The molecule has 4 aromatic rings. The normalized spacial score (nSPS) is 13.3. The summed E-state index contributed by atoms with van der Waals surface area (Å²) >= 11 is 0. The number of tetrazole rings is 1. The smallest absolute Gasteiger partial charge is 0.248 e. The van der Waals surface area contributed by atoms with Crippen LogP contribution in [0.25, 0.3) is 11.3 Å². The highest BCUT2D eigenvalue weighted by molar-refractivity contribution is 6.01. The van der Waals surface area contributed by atoms with Gasteiger partial charge in [-0.15, -0.1) is 0 Å². The van der Waals surface area contributed by atoms with Crippen LogP contribution in [0, 0.1) is 0 Å². The van der Waals surface area contributed by atoms with Gasteiger partial charge in [0.05, 0.1) is 5.69 Å². The SMILES string of the molecule is Cn1nnnc1Nc1cc(-c2[nH]c3c(c2Cc2ccccc2)C(=O)CCC3)ccn1. The lowest BCUT2D eigenvalue weighted by molar-refractivity contribution is 0.0971. The standard InChI is InChI=1S/C22H21N7O/c1-29-22(26-27-28-29)25-19-13-15(10-11-23-19)21-16(12-14-6-3-2-4-7-14)20-17(24-21)8-5-9-18(20)30/h2-4,6-7,10-11,13,24H,5,8-9,12H2,1H3,(H,23,25,26,28). The van der Waals surface area contributed by atoms with Gasteiger partial charge in [-0.2, -0.15) is 0 Å². The quantitative estimate of drug-likeness (QED) is 0.533. The van der Waals surface area contributed by atoms with Gasteiger partial charge in [0.1, 0.15) is 5.82 Å². The molecule has 0 saturated carbocycles. The second-order valence-electron chi connectivity index (χ2n) is 7.45. The first kappa shape index (κ1) is 18.2. The molecule has 0 amide bonds. The highest BCUT2D eigenvalue weighted by atomic mass is 16.1. The van der Waals surface area contributed by atoms with Gasteiger partial charge in [0.15, 0.2) is 5.78 Å². The maximum Gasteiger partial charge on any atom is 0.248 e. The van der Waals surface area contributed by atoms with Crippen LogP contribution in [0.15, 0.2) is 48.7 Å². The summed E-state index contributed by atoms with van der Waals surface area (Å²) in [6.45, 7) is 0. The van der Waals surface area contributed by atoms with Crippen molar-refractivity contribution < 1.29 is 4.79 Å². The largest absolute Gasteiger partial charge is 0.358 e. The number of aromatic amines is 1. The number of ketones is 1. The molecule has 30 heavy (non-hydrogen) atoms. The lowest BCUT2D eigenvalue weighted by atomic mass is 9.90. The van der Waals surface area contributed by atoms with Crippen LogP contribution in [0.5, 0.6) is 0 Å². The van der Waals surface area contributed by atoms with Crippen molar-refractivity contribution in [1.29, 1.82) is 0 Å². The zero-order valence-electron chi connectivity index (χ0n) is 16.6. The molecule has 3 heterocycles. The molecule has 1 aliphatic carbocycles. The third-order valence-corrected chi connectivity index (χ3v) is 5.42. The molecule has 0 bridgehead atoms. The van der Waals surface area contributed by atoms with E-state index in [4.69, 9.17) is 0 Å². The minimum Gasteiger partial charge on any atom is -0.358 e. The van der Waals surface area contributed by atoms with Gasteiger partial charge in [-0.05, 0) is 46.5 Å². The Labute approximate surface area is 173 Å². The van der Waals surface area contributed by atoms with Crippen molar-refractivity contribution in [2.24, 2.45) is 7.05 Å². The highest BCUT2D eigenvalue weighted by Crippen LogP contribution is 2.35. The fraction of sp³-hybridized carbons (Fsp3) is 0.227. The van der Waals surface area contributed by atoms with E-state index in [0.29, 0.717) is 24.6 Å². The summed E-state index contributed by atoms with van der Waals surface area (Å²) < 4.78 is 1.54. The summed E-state index contributed by atoms with van der Waals surface area (Å²) in [5, 5.41) is 14.6. The van der Waals surface area contributed by atoms with E-state index in [9.17, 15) is 4.79 Å². The molecule has 8 nitrogen and oxygen atoms in total. The Kier molecular flexibility index (Phi) is 4.59. The third-order valence-electron chi connectivity index (χ3n) is 5.42. The van der Waals surface area contributed by atoms with Crippen molar-refractivity contribution in [3.63, 3.8) is 0 Å². The first-order valence-electron chi connectivity index (χ1n) is 9.95. The maximum absolute atomic E-state index is 12.8. The number of pyridine rings is 1. The number of benzene rings is 1. The molecular formula is C22H21N7O. The van der Waals surface area contributed by atoms with E-state index in [1.807, 2.05) is 30.3 Å². The summed E-state index contributed by atoms with van der Waals surface area (Å²) in [4.78, 5) is 20.7. The first-order chi connectivity index (χ1) is 14.7. The molecule has 0 aliphatic heterocycles. The number of carbonyl (C=O) groups excluding carboxylic acids is 1. The minimum atomic E-state index is 0.224. The molecule has 8 heteroatoms. The molecule has 0 fully saturated rings. The molecular weight excluding hydrogens is 378 g/mol. The number of nitrogens with zero attached hydrogens (tertiary/aromatic N) is 5. The van der Waals surface area contributed by atoms with Gasteiger partial charge in [0, 0.05) is 42.9 Å². The summed E-state index contributed by atoms with van der Waals surface area (Å²) in [5.41, 5.74) is 6.08. The first-order valence-corrected chi connectivity index (χ1v) is 9.95. The van der Waals surface area contributed by atoms with E-state index in [1.165, 1.54) is 5.56 Å². The van der Waals surface area contributed by atoms with Crippen molar-refractivity contribution in [2.75, 3.05) is 5.32 Å². The van der Waals surface area contributed by atoms with Crippen molar-refractivity contribution >= 4 is 17.5 Å². The van der Waals surface area contributed by atoms with Crippen molar-refractivity contribution in [1.82, 2.24) is 30.2 Å². The molecule has 0 atom stereocenters. The van der Waals surface area contributed by atoms with Crippen LogP contribution < -0.4 is 5.32 Å². The van der Waals surface area contributed by atoms with E-state index in [2.05, 4.69) is 42.9 Å². The molecule has 1 aromatic carbocycles. The second-order valence-corrected chi connectivity index (χ2v) is 7.45. The summed E-state index contributed by atoms with van der Waals surface area (Å²) in [6.07, 6.45) is 4.83. The van der Waals surface area contributed by atoms with E-state index < -0.39 is 0 Å². The minimum absolute atomic E-state index is 0.224. The number of carbonyl (C=O) groups is 1. The fourth-order valence-corrected chi connectivity index (χ4v) is 4.00. The summed E-state index contributed by atoms with van der Waals surface area (Å²) in [7, 11) is 1.76.